The maximum absolute atomic E-state index is 11.8. The lowest BCUT2D eigenvalue weighted by atomic mass is 9.89. The van der Waals surface area contributed by atoms with Gasteiger partial charge in [-0.15, -0.1) is 0 Å². The van der Waals surface area contributed by atoms with Crippen molar-refractivity contribution in [2.24, 2.45) is 5.92 Å². The Hall–Kier alpha value is -0.610. The first kappa shape index (κ1) is 15.4. The highest BCUT2D eigenvalue weighted by Gasteiger charge is 2.17. The van der Waals surface area contributed by atoms with Crippen LogP contribution < -0.4 is 5.32 Å². The van der Waals surface area contributed by atoms with Crippen LogP contribution in [0.15, 0.2) is 0 Å². The van der Waals surface area contributed by atoms with E-state index in [1.165, 1.54) is 32.1 Å². The average Bonchev–Trinajstić information content (AvgIpc) is 2.29. The van der Waals surface area contributed by atoms with Gasteiger partial charge in [0.2, 0.25) is 5.91 Å². The summed E-state index contributed by atoms with van der Waals surface area (Å²) in [4.78, 5) is 13.9. The molecule has 0 aromatic carbocycles. The fourth-order valence-corrected chi connectivity index (χ4v) is 2.73. The zero-order valence-electron chi connectivity index (χ0n) is 12.1. The van der Waals surface area contributed by atoms with E-state index < -0.39 is 0 Å². The Morgan fingerprint density at radius 2 is 2.06 bits per heavy atom. The Kier molecular flexibility index (Phi) is 7.28. The van der Waals surface area contributed by atoms with Gasteiger partial charge in [-0.3, -0.25) is 9.69 Å². The Balaban J connectivity index is 2.17. The van der Waals surface area contributed by atoms with Gasteiger partial charge in [0.25, 0.3) is 0 Å². The van der Waals surface area contributed by atoms with E-state index in [2.05, 4.69) is 10.2 Å². The quantitative estimate of drug-likeness (QED) is 0.753. The van der Waals surface area contributed by atoms with Crippen LogP contribution >= 0.6 is 0 Å². The number of nitrogens with zero attached hydrogens (tertiary/aromatic N) is 1. The van der Waals surface area contributed by atoms with Crippen molar-refractivity contribution in [2.45, 2.75) is 45.1 Å². The Bertz CT molecular complexity index is 240. The molecule has 0 aromatic heterocycles. The zero-order valence-corrected chi connectivity index (χ0v) is 12.1. The molecule has 4 heteroatoms. The third-order valence-corrected chi connectivity index (χ3v) is 3.53. The van der Waals surface area contributed by atoms with E-state index in [9.17, 15) is 4.79 Å². The van der Waals surface area contributed by atoms with E-state index >= 15 is 0 Å². The molecule has 1 aliphatic carbocycles. The highest BCUT2D eigenvalue weighted by atomic mass is 16.5. The molecule has 1 unspecified atom stereocenters. The number of carbonyl (C=O) groups is 1. The predicted molar refractivity (Wildman–Crippen MR) is 73.6 cm³/mol. The molecule has 0 heterocycles. The SMILES string of the molecule is COCC(C)NC(=O)CN(C)CC1CCCCC1. The second-order valence-electron chi connectivity index (χ2n) is 5.62. The largest absolute Gasteiger partial charge is 0.383 e. The number of nitrogens with one attached hydrogen (secondary N) is 1. The van der Waals surface area contributed by atoms with E-state index in [1.807, 2.05) is 14.0 Å². The van der Waals surface area contributed by atoms with E-state index in [4.69, 9.17) is 4.74 Å². The highest BCUT2D eigenvalue weighted by Crippen LogP contribution is 2.23. The molecule has 1 fully saturated rings. The van der Waals surface area contributed by atoms with Crippen LogP contribution in [0.1, 0.15) is 39.0 Å². The summed E-state index contributed by atoms with van der Waals surface area (Å²) in [5.41, 5.74) is 0. The second-order valence-corrected chi connectivity index (χ2v) is 5.62. The van der Waals surface area contributed by atoms with Crippen LogP contribution in [0.3, 0.4) is 0 Å². The van der Waals surface area contributed by atoms with Crippen LogP contribution in [0.2, 0.25) is 0 Å². The number of likely N-dealkylation sites (N-methyl/N-ethyl adjacent to an activating group) is 1. The first-order valence-corrected chi connectivity index (χ1v) is 7.08. The van der Waals surface area contributed by atoms with Crippen molar-refractivity contribution in [1.82, 2.24) is 10.2 Å². The molecule has 1 rings (SSSR count). The van der Waals surface area contributed by atoms with Gasteiger partial charge in [0.1, 0.15) is 0 Å². The molecule has 0 radical (unpaired) electrons. The smallest absolute Gasteiger partial charge is 0.234 e. The van der Waals surface area contributed by atoms with Crippen LogP contribution in [0, 0.1) is 5.92 Å². The first-order valence-electron chi connectivity index (χ1n) is 7.08. The third-order valence-electron chi connectivity index (χ3n) is 3.53. The van der Waals surface area contributed by atoms with Crippen LogP contribution in [0.25, 0.3) is 0 Å². The lowest BCUT2D eigenvalue weighted by Crippen LogP contribution is -2.42. The highest BCUT2D eigenvalue weighted by molar-refractivity contribution is 5.78. The molecule has 18 heavy (non-hydrogen) atoms. The minimum atomic E-state index is 0.0885. The summed E-state index contributed by atoms with van der Waals surface area (Å²) in [6.45, 7) is 4.07. The first-order chi connectivity index (χ1) is 8.61. The van der Waals surface area contributed by atoms with Crippen molar-refractivity contribution >= 4 is 5.91 Å². The van der Waals surface area contributed by atoms with E-state index in [0.717, 1.165) is 12.5 Å². The number of methoxy groups -OCH3 is 1. The van der Waals surface area contributed by atoms with Crippen molar-refractivity contribution < 1.29 is 9.53 Å². The molecular formula is C14H28N2O2. The van der Waals surface area contributed by atoms with Crippen molar-refractivity contribution in [3.05, 3.63) is 0 Å². The van der Waals surface area contributed by atoms with Gasteiger partial charge in [0, 0.05) is 19.7 Å². The molecule has 0 aromatic rings. The van der Waals surface area contributed by atoms with Gasteiger partial charge in [0.05, 0.1) is 13.2 Å². The van der Waals surface area contributed by atoms with Crippen molar-refractivity contribution in [3.63, 3.8) is 0 Å². The monoisotopic (exact) mass is 256 g/mol. The molecule has 1 N–H and O–H groups in total. The number of hydrogen-bond donors (Lipinski definition) is 1. The van der Waals surface area contributed by atoms with Gasteiger partial charge in [-0.1, -0.05) is 19.3 Å². The van der Waals surface area contributed by atoms with Crippen LogP contribution in [-0.2, 0) is 9.53 Å². The minimum Gasteiger partial charge on any atom is -0.383 e. The van der Waals surface area contributed by atoms with E-state index in [1.54, 1.807) is 7.11 Å². The molecule has 1 atom stereocenters. The fourth-order valence-electron chi connectivity index (χ4n) is 2.73. The normalized spacial score (nSPS) is 18.9. The summed E-state index contributed by atoms with van der Waals surface area (Å²) < 4.78 is 5.00. The maximum Gasteiger partial charge on any atom is 0.234 e. The fraction of sp³-hybridized carbons (Fsp3) is 0.929. The topological polar surface area (TPSA) is 41.6 Å². The van der Waals surface area contributed by atoms with E-state index in [0.29, 0.717) is 13.2 Å². The van der Waals surface area contributed by atoms with Gasteiger partial charge in [-0.2, -0.15) is 0 Å². The number of rotatable bonds is 7. The average molecular weight is 256 g/mol. The number of carbonyl (C=O) groups excluding carboxylic acids is 1. The van der Waals surface area contributed by atoms with Crippen LogP contribution in [0.4, 0.5) is 0 Å². The summed E-state index contributed by atoms with van der Waals surface area (Å²) in [6.07, 6.45) is 6.75. The summed E-state index contributed by atoms with van der Waals surface area (Å²) in [5, 5.41) is 2.94. The molecule has 4 nitrogen and oxygen atoms in total. The maximum atomic E-state index is 11.8. The number of amides is 1. The predicted octanol–water partition coefficient (Wildman–Crippen LogP) is 1.65. The number of hydrogen-bond acceptors (Lipinski definition) is 3. The summed E-state index contributed by atoms with van der Waals surface area (Å²) in [5.74, 6) is 0.880. The number of ether oxygens (including phenoxy) is 1. The molecule has 0 aliphatic heterocycles. The van der Waals surface area contributed by atoms with Gasteiger partial charge in [-0.05, 0) is 32.7 Å². The molecule has 0 saturated heterocycles. The van der Waals surface area contributed by atoms with Gasteiger partial charge in [0.15, 0.2) is 0 Å². The molecule has 106 valence electrons. The molecule has 0 spiro atoms. The zero-order chi connectivity index (χ0) is 13.4. The Morgan fingerprint density at radius 3 is 2.67 bits per heavy atom. The second kappa shape index (κ2) is 8.48. The van der Waals surface area contributed by atoms with Gasteiger partial charge in [-0.25, -0.2) is 0 Å². The standard InChI is InChI=1S/C14H28N2O2/c1-12(11-18-3)15-14(17)10-16(2)9-13-7-5-4-6-8-13/h12-13H,4-11H2,1-3H3,(H,15,17). The van der Waals surface area contributed by atoms with Crippen molar-refractivity contribution in [1.29, 1.82) is 0 Å². The van der Waals surface area contributed by atoms with Crippen molar-refractivity contribution in [3.8, 4) is 0 Å². The summed E-state index contributed by atoms with van der Waals surface area (Å²) in [7, 11) is 3.69. The summed E-state index contributed by atoms with van der Waals surface area (Å²) in [6, 6.07) is 0.0885. The lowest BCUT2D eigenvalue weighted by molar-refractivity contribution is -0.123. The van der Waals surface area contributed by atoms with Crippen molar-refractivity contribution in [2.75, 3.05) is 33.9 Å². The summed E-state index contributed by atoms with van der Waals surface area (Å²) >= 11 is 0. The molecule has 1 amide bonds. The lowest BCUT2D eigenvalue weighted by Gasteiger charge is -2.27. The molecular weight excluding hydrogens is 228 g/mol. The molecule has 1 saturated carbocycles. The Labute approximate surface area is 111 Å². The van der Waals surface area contributed by atoms with Gasteiger partial charge >= 0.3 is 0 Å². The molecule has 0 bridgehead atoms. The van der Waals surface area contributed by atoms with Crippen LogP contribution in [0.5, 0.6) is 0 Å². The third kappa shape index (κ3) is 6.36. The molecule has 1 aliphatic rings. The van der Waals surface area contributed by atoms with E-state index in [-0.39, 0.29) is 11.9 Å². The van der Waals surface area contributed by atoms with Crippen LogP contribution in [-0.4, -0.2) is 50.7 Å². The minimum absolute atomic E-state index is 0.0885. The Morgan fingerprint density at radius 1 is 1.39 bits per heavy atom. The van der Waals surface area contributed by atoms with Gasteiger partial charge < -0.3 is 10.1 Å².